The minimum Gasteiger partial charge on any atom is -0.494 e. The largest absolute Gasteiger partial charge is 0.494 e. The second-order valence-corrected chi connectivity index (χ2v) is 8.25. The first kappa shape index (κ1) is 21.6. The van der Waals surface area contributed by atoms with Crippen LogP contribution in [0.5, 0.6) is 5.75 Å². The van der Waals surface area contributed by atoms with E-state index in [1.165, 1.54) is 20.5 Å². The summed E-state index contributed by atoms with van der Waals surface area (Å²) >= 11 is 1.26. The van der Waals surface area contributed by atoms with E-state index in [1.807, 2.05) is 62.4 Å². The summed E-state index contributed by atoms with van der Waals surface area (Å²) in [6.07, 6.45) is 0. The number of anilines is 1. The van der Waals surface area contributed by atoms with Crippen molar-refractivity contribution in [3.63, 3.8) is 0 Å². The van der Waals surface area contributed by atoms with E-state index in [0.717, 1.165) is 11.1 Å². The van der Waals surface area contributed by atoms with Crippen LogP contribution in [0.25, 0.3) is 10.2 Å². The third-order valence-corrected chi connectivity index (χ3v) is 6.00. The van der Waals surface area contributed by atoms with Gasteiger partial charge in [-0.3, -0.25) is 18.7 Å². The molecule has 0 aliphatic heterocycles. The highest BCUT2D eigenvalue weighted by Crippen LogP contribution is 2.18. The fourth-order valence-electron chi connectivity index (χ4n) is 3.55. The molecule has 32 heavy (non-hydrogen) atoms. The van der Waals surface area contributed by atoms with Gasteiger partial charge in [0.2, 0.25) is 5.91 Å². The summed E-state index contributed by atoms with van der Waals surface area (Å²) < 4.78 is 8.49. The number of para-hydroxylation sites is 1. The van der Waals surface area contributed by atoms with Gasteiger partial charge in [0.25, 0.3) is 5.56 Å². The van der Waals surface area contributed by atoms with Gasteiger partial charge in [0.1, 0.15) is 17.0 Å². The molecule has 0 saturated carbocycles. The normalized spacial score (nSPS) is 10.9. The van der Waals surface area contributed by atoms with Gasteiger partial charge >= 0.3 is 5.69 Å². The summed E-state index contributed by atoms with van der Waals surface area (Å²) in [6, 6.07) is 16.4. The molecule has 2 aromatic heterocycles. The predicted octanol–water partition coefficient (Wildman–Crippen LogP) is 3.62. The number of benzene rings is 2. The molecule has 2 aromatic carbocycles. The lowest BCUT2D eigenvalue weighted by atomic mass is 10.2. The maximum Gasteiger partial charge on any atom is 0.332 e. The lowest BCUT2D eigenvalue weighted by Crippen LogP contribution is -2.41. The van der Waals surface area contributed by atoms with Crippen molar-refractivity contribution in [3.05, 3.63) is 91.9 Å². The van der Waals surface area contributed by atoms with Crippen LogP contribution >= 0.6 is 11.3 Å². The zero-order valence-electron chi connectivity index (χ0n) is 17.8. The molecule has 164 valence electrons. The quantitative estimate of drug-likeness (QED) is 0.467. The van der Waals surface area contributed by atoms with Crippen LogP contribution in [0.1, 0.15) is 18.1 Å². The van der Waals surface area contributed by atoms with Crippen molar-refractivity contribution in [2.24, 2.45) is 0 Å². The maximum atomic E-state index is 13.3. The zero-order chi connectivity index (χ0) is 22.7. The molecular formula is C24H23N3O4S. The first-order valence-electron chi connectivity index (χ1n) is 10.3. The number of nitrogens with one attached hydrogen (secondary N) is 1. The van der Waals surface area contributed by atoms with Gasteiger partial charge in [0.15, 0.2) is 0 Å². The molecule has 0 aliphatic rings. The Hall–Kier alpha value is -3.65. The highest BCUT2D eigenvalue weighted by Gasteiger charge is 2.17. The highest BCUT2D eigenvalue weighted by molar-refractivity contribution is 7.17. The standard InChI is InChI=1S/C24H23N3O4S/c1-3-31-18-9-6-8-17(13-18)14-27-23(29)22-20(11-12-32-22)26(24(27)30)15-21(28)25-19-10-5-4-7-16(19)2/h4-13H,3,14-15H2,1-2H3,(H,25,28). The number of rotatable bonds is 7. The molecule has 2 heterocycles. The molecule has 4 rings (SSSR count). The molecule has 0 radical (unpaired) electrons. The maximum absolute atomic E-state index is 13.3. The van der Waals surface area contributed by atoms with E-state index in [2.05, 4.69) is 5.32 Å². The molecule has 7 nitrogen and oxygen atoms in total. The molecule has 0 bridgehead atoms. The number of hydrogen-bond acceptors (Lipinski definition) is 5. The minimum absolute atomic E-state index is 0.0891. The summed E-state index contributed by atoms with van der Waals surface area (Å²) in [7, 11) is 0. The molecular weight excluding hydrogens is 426 g/mol. The predicted molar refractivity (Wildman–Crippen MR) is 127 cm³/mol. The number of carbonyl (C=O) groups is 1. The average molecular weight is 450 g/mol. The van der Waals surface area contributed by atoms with Crippen LogP contribution in [0.4, 0.5) is 5.69 Å². The van der Waals surface area contributed by atoms with Crippen molar-refractivity contribution in [1.29, 1.82) is 0 Å². The topological polar surface area (TPSA) is 82.3 Å². The summed E-state index contributed by atoms with van der Waals surface area (Å²) in [5.41, 5.74) is 1.95. The fourth-order valence-corrected chi connectivity index (χ4v) is 4.40. The second-order valence-electron chi connectivity index (χ2n) is 7.34. The Morgan fingerprint density at radius 3 is 2.66 bits per heavy atom. The van der Waals surface area contributed by atoms with Gasteiger partial charge in [-0.2, -0.15) is 0 Å². The van der Waals surface area contributed by atoms with Crippen LogP contribution in [0.3, 0.4) is 0 Å². The Bertz CT molecular complexity index is 1400. The fraction of sp³-hybridized carbons (Fsp3) is 0.208. The number of amides is 1. The average Bonchev–Trinajstić information content (AvgIpc) is 3.26. The molecule has 0 spiro atoms. The van der Waals surface area contributed by atoms with Gasteiger partial charge in [-0.15, -0.1) is 11.3 Å². The number of aromatic nitrogens is 2. The van der Waals surface area contributed by atoms with E-state index in [0.29, 0.717) is 28.3 Å². The van der Waals surface area contributed by atoms with Gasteiger partial charge in [-0.05, 0) is 54.6 Å². The van der Waals surface area contributed by atoms with Gasteiger partial charge in [0.05, 0.1) is 18.7 Å². The SMILES string of the molecule is CCOc1cccc(Cn2c(=O)c3sccc3n(CC(=O)Nc3ccccc3C)c2=O)c1. The zero-order valence-corrected chi connectivity index (χ0v) is 18.6. The van der Waals surface area contributed by atoms with E-state index in [-0.39, 0.29) is 24.6 Å². The van der Waals surface area contributed by atoms with Gasteiger partial charge < -0.3 is 10.1 Å². The molecule has 0 unspecified atom stereocenters. The number of ether oxygens (including phenoxy) is 1. The molecule has 0 atom stereocenters. The van der Waals surface area contributed by atoms with E-state index in [9.17, 15) is 14.4 Å². The van der Waals surface area contributed by atoms with Gasteiger partial charge in [-0.25, -0.2) is 4.79 Å². The van der Waals surface area contributed by atoms with Crippen molar-refractivity contribution in [2.45, 2.75) is 26.9 Å². The van der Waals surface area contributed by atoms with Crippen molar-refractivity contribution >= 4 is 33.1 Å². The number of nitrogens with zero attached hydrogens (tertiary/aromatic N) is 2. The second kappa shape index (κ2) is 9.23. The Morgan fingerprint density at radius 1 is 1.06 bits per heavy atom. The van der Waals surface area contributed by atoms with E-state index < -0.39 is 5.69 Å². The minimum atomic E-state index is -0.525. The Morgan fingerprint density at radius 2 is 1.88 bits per heavy atom. The smallest absolute Gasteiger partial charge is 0.332 e. The van der Waals surface area contributed by atoms with Crippen LogP contribution in [0, 0.1) is 6.92 Å². The summed E-state index contributed by atoms with van der Waals surface area (Å²) in [5.74, 6) is 0.339. The van der Waals surface area contributed by atoms with Crippen LogP contribution in [-0.4, -0.2) is 21.6 Å². The van der Waals surface area contributed by atoms with Gasteiger partial charge in [0, 0.05) is 5.69 Å². The van der Waals surface area contributed by atoms with Crippen LogP contribution in [0.15, 0.2) is 69.6 Å². The monoisotopic (exact) mass is 449 g/mol. The number of fused-ring (bicyclic) bond motifs is 1. The van der Waals surface area contributed by atoms with E-state index >= 15 is 0 Å². The van der Waals surface area contributed by atoms with Gasteiger partial charge in [-0.1, -0.05) is 30.3 Å². The molecule has 1 amide bonds. The third-order valence-electron chi connectivity index (χ3n) is 5.11. The van der Waals surface area contributed by atoms with E-state index in [1.54, 1.807) is 11.4 Å². The molecule has 0 fully saturated rings. The molecule has 4 aromatic rings. The Balaban J connectivity index is 1.71. The molecule has 0 saturated heterocycles. The van der Waals surface area contributed by atoms with Crippen molar-refractivity contribution in [2.75, 3.05) is 11.9 Å². The lowest BCUT2D eigenvalue weighted by molar-refractivity contribution is -0.116. The molecule has 8 heteroatoms. The number of carbonyl (C=O) groups excluding carboxylic acids is 1. The number of thiophene rings is 1. The molecule has 0 aliphatic carbocycles. The third kappa shape index (κ3) is 4.36. The van der Waals surface area contributed by atoms with E-state index in [4.69, 9.17) is 4.74 Å². The van der Waals surface area contributed by atoms with Crippen LogP contribution < -0.4 is 21.3 Å². The van der Waals surface area contributed by atoms with Crippen LogP contribution in [0.2, 0.25) is 0 Å². The first-order chi connectivity index (χ1) is 15.5. The summed E-state index contributed by atoms with van der Waals surface area (Å²) in [6.45, 7) is 4.21. The highest BCUT2D eigenvalue weighted by atomic mass is 32.1. The Kier molecular flexibility index (Phi) is 6.23. The summed E-state index contributed by atoms with van der Waals surface area (Å²) in [4.78, 5) is 39.1. The Labute approximate surface area is 188 Å². The van der Waals surface area contributed by atoms with Crippen LogP contribution in [-0.2, 0) is 17.9 Å². The number of aryl methyl sites for hydroxylation is 1. The molecule has 1 N–H and O–H groups in total. The van der Waals surface area contributed by atoms with Crippen molar-refractivity contribution < 1.29 is 9.53 Å². The first-order valence-corrected chi connectivity index (χ1v) is 11.1. The van der Waals surface area contributed by atoms with Crippen molar-refractivity contribution in [1.82, 2.24) is 9.13 Å². The number of hydrogen-bond donors (Lipinski definition) is 1. The lowest BCUT2D eigenvalue weighted by Gasteiger charge is -2.13. The van der Waals surface area contributed by atoms with Crippen molar-refractivity contribution in [3.8, 4) is 5.75 Å². The summed E-state index contributed by atoms with van der Waals surface area (Å²) in [5, 5.41) is 4.60.